The molecule has 0 radical (unpaired) electrons. The van der Waals surface area contributed by atoms with Gasteiger partial charge in [0.2, 0.25) is 11.5 Å². The van der Waals surface area contributed by atoms with Crippen LogP contribution in [-0.2, 0) is 10.2 Å². The molecule has 1 aliphatic heterocycles. The number of H-pyrrole nitrogens is 1. The van der Waals surface area contributed by atoms with E-state index in [0.29, 0.717) is 43.7 Å². The SMILES string of the molecule is CC(C)(CNC(=O)C1CCN(c2ccc(F)cc2C#N)CC1)c1cccc(=O)[nH]1. The molecule has 0 atom stereocenters. The van der Waals surface area contributed by atoms with Gasteiger partial charge in [0.05, 0.1) is 11.3 Å². The number of halogens is 1. The lowest BCUT2D eigenvalue weighted by atomic mass is 9.88. The van der Waals surface area contributed by atoms with Gasteiger partial charge in [-0.05, 0) is 37.1 Å². The fourth-order valence-corrected chi connectivity index (χ4v) is 3.65. The number of benzene rings is 1. The van der Waals surface area contributed by atoms with Crippen LogP contribution in [0.4, 0.5) is 10.1 Å². The first kappa shape index (κ1) is 20.6. The zero-order valence-electron chi connectivity index (χ0n) is 16.7. The van der Waals surface area contributed by atoms with Crippen LogP contribution in [0.2, 0.25) is 0 Å². The maximum Gasteiger partial charge on any atom is 0.248 e. The number of amides is 1. The second-order valence-corrected chi connectivity index (χ2v) is 8.06. The summed E-state index contributed by atoms with van der Waals surface area (Å²) in [5.41, 5.74) is 1.24. The number of anilines is 1. The average molecular weight is 396 g/mol. The molecule has 1 fully saturated rings. The zero-order valence-corrected chi connectivity index (χ0v) is 16.7. The third-order valence-corrected chi connectivity index (χ3v) is 5.49. The molecule has 0 saturated carbocycles. The number of rotatable bonds is 5. The number of aromatic nitrogens is 1. The van der Waals surface area contributed by atoms with Crippen molar-refractivity contribution in [2.24, 2.45) is 5.92 Å². The monoisotopic (exact) mass is 396 g/mol. The van der Waals surface area contributed by atoms with Gasteiger partial charge < -0.3 is 15.2 Å². The van der Waals surface area contributed by atoms with E-state index in [4.69, 9.17) is 0 Å². The number of hydrogen-bond donors (Lipinski definition) is 2. The van der Waals surface area contributed by atoms with Crippen molar-refractivity contribution in [1.29, 1.82) is 5.26 Å². The lowest BCUT2D eigenvalue weighted by Gasteiger charge is -2.34. The van der Waals surface area contributed by atoms with Gasteiger partial charge >= 0.3 is 0 Å². The minimum Gasteiger partial charge on any atom is -0.370 e. The number of pyridine rings is 1. The van der Waals surface area contributed by atoms with E-state index in [9.17, 15) is 19.2 Å². The van der Waals surface area contributed by atoms with Crippen molar-refractivity contribution in [2.45, 2.75) is 32.1 Å². The molecule has 7 heteroatoms. The summed E-state index contributed by atoms with van der Waals surface area (Å²) in [5.74, 6) is -0.541. The summed E-state index contributed by atoms with van der Waals surface area (Å²) in [6, 6.07) is 11.3. The molecule has 6 nitrogen and oxygen atoms in total. The van der Waals surface area contributed by atoms with Crippen molar-refractivity contribution in [3.8, 4) is 6.07 Å². The molecule has 1 aliphatic rings. The van der Waals surface area contributed by atoms with E-state index >= 15 is 0 Å². The van der Waals surface area contributed by atoms with Crippen LogP contribution in [-0.4, -0.2) is 30.5 Å². The molecule has 0 aliphatic carbocycles. The molecule has 1 saturated heterocycles. The minimum absolute atomic E-state index is 0.00406. The molecule has 2 aromatic rings. The second kappa shape index (κ2) is 8.48. The number of hydrogen-bond acceptors (Lipinski definition) is 4. The number of carbonyl (C=O) groups is 1. The van der Waals surface area contributed by atoms with Crippen LogP contribution in [0.5, 0.6) is 0 Å². The zero-order chi connectivity index (χ0) is 21.0. The smallest absolute Gasteiger partial charge is 0.248 e. The number of aromatic amines is 1. The highest BCUT2D eigenvalue weighted by Gasteiger charge is 2.28. The van der Waals surface area contributed by atoms with E-state index in [-0.39, 0.29) is 17.4 Å². The molecule has 1 aromatic carbocycles. The third kappa shape index (κ3) is 4.83. The quantitative estimate of drug-likeness (QED) is 0.813. The van der Waals surface area contributed by atoms with Crippen LogP contribution < -0.4 is 15.8 Å². The summed E-state index contributed by atoms with van der Waals surface area (Å²) in [6.45, 7) is 5.63. The Labute approximate surface area is 169 Å². The minimum atomic E-state index is -0.429. The van der Waals surface area contributed by atoms with Crippen molar-refractivity contribution < 1.29 is 9.18 Å². The number of nitrogens with one attached hydrogen (secondary N) is 2. The standard InChI is InChI=1S/C22H25FN4O2/c1-22(2,19-4-3-5-20(28)26-19)14-25-21(29)15-8-10-27(11-9-15)18-7-6-17(23)12-16(18)13-24/h3-7,12,15H,8-11,14H2,1-2H3,(H,25,29)(H,26,28). The number of nitriles is 1. The highest BCUT2D eigenvalue weighted by Crippen LogP contribution is 2.27. The number of nitrogens with zero attached hydrogens (tertiary/aromatic N) is 2. The molecule has 29 heavy (non-hydrogen) atoms. The van der Waals surface area contributed by atoms with Gasteiger partial charge in [-0.3, -0.25) is 9.59 Å². The van der Waals surface area contributed by atoms with Crippen LogP contribution in [0.1, 0.15) is 37.9 Å². The predicted octanol–water partition coefficient (Wildman–Crippen LogP) is 2.70. The van der Waals surface area contributed by atoms with E-state index in [1.165, 1.54) is 18.2 Å². The molecule has 1 amide bonds. The lowest BCUT2D eigenvalue weighted by Crippen LogP contribution is -2.44. The van der Waals surface area contributed by atoms with Crippen LogP contribution in [0, 0.1) is 23.1 Å². The highest BCUT2D eigenvalue weighted by molar-refractivity contribution is 5.79. The molecular weight excluding hydrogens is 371 g/mol. The molecular formula is C22H25FN4O2. The van der Waals surface area contributed by atoms with Crippen molar-refractivity contribution in [3.05, 3.63) is 63.8 Å². The maximum absolute atomic E-state index is 13.4. The van der Waals surface area contributed by atoms with E-state index < -0.39 is 11.2 Å². The molecule has 0 unspecified atom stereocenters. The fourth-order valence-electron chi connectivity index (χ4n) is 3.65. The summed E-state index contributed by atoms with van der Waals surface area (Å²) >= 11 is 0. The van der Waals surface area contributed by atoms with Gasteiger partial charge in [-0.15, -0.1) is 0 Å². The Balaban J connectivity index is 1.57. The van der Waals surface area contributed by atoms with E-state index in [2.05, 4.69) is 10.3 Å². The molecule has 2 heterocycles. The van der Waals surface area contributed by atoms with Gasteiger partial charge in [-0.1, -0.05) is 19.9 Å². The second-order valence-electron chi connectivity index (χ2n) is 8.06. The maximum atomic E-state index is 13.4. The summed E-state index contributed by atoms with van der Waals surface area (Å²) in [5, 5.41) is 12.3. The summed E-state index contributed by atoms with van der Waals surface area (Å²) < 4.78 is 13.4. The van der Waals surface area contributed by atoms with Crippen molar-refractivity contribution >= 4 is 11.6 Å². The molecule has 1 aromatic heterocycles. The third-order valence-electron chi connectivity index (χ3n) is 5.49. The average Bonchev–Trinajstić information content (AvgIpc) is 2.72. The van der Waals surface area contributed by atoms with Gasteiger partial charge in [-0.2, -0.15) is 5.26 Å². The Morgan fingerprint density at radius 1 is 1.31 bits per heavy atom. The van der Waals surface area contributed by atoms with Gasteiger partial charge in [0.15, 0.2) is 0 Å². The summed E-state index contributed by atoms with van der Waals surface area (Å²) in [6.07, 6.45) is 1.33. The molecule has 0 bridgehead atoms. The first-order chi connectivity index (χ1) is 13.8. The Hall–Kier alpha value is -3.14. The lowest BCUT2D eigenvalue weighted by molar-refractivity contribution is -0.125. The van der Waals surface area contributed by atoms with E-state index in [1.54, 1.807) is 12.1 Å². The molecule has 0 spiro atoms. The van der Waals surface area contributed by atoms with Crippen LogP contribution in [0.3, 0.4) is 0 Å². The number of piperidine rings is 1. The predicted molar refractivity (Wildman–Crippen MR) is 109 cm³/mol. The van der Waals surface area contributed by atoms with Gasteiger partial charge in [0, 0.05) is 42.7 Å². The van der Waals surface area contributed by atoms with E-state index in [1.807, 2.05) is 30.9 Å². The van der Waals surface area contributed by atoms with Gasteiger partial charge in [-0.25, -0.2) is 4.39 Å². The Kier molecular flexibility index (Phi) is 6.02. The fraction of sp³-hybridized carbons (Fsp3) is 0.409. The summed E-state index contributed by atoms with van der Waals surface area (Å²) in [4.78, 5) is 29.0. The number of carbonyl (C=O) groups excluding carboxylic acids is 1. The topological polar surface area (TPSA) is 89.0 Å². The Morgan fingerprint density at radius 2 is 2.03 bits per heavy atom. The Bertz CT molecular complexity index is 985. The first-order valence-electron chi connectivity index (χ1n) is 9.72. The Morgan fingerprint density at radius 3 is 2.69 bits per heavy atom. The van der Waals surface area contributed by atoms with Gasteiger partial charge in [0.25, 0.3) is 0 Å². The summed E-state index contributed by atoms with van der Waals surface area (Å²) in [7, 11) is 0. The first-order valence-corrected chi connectivity index (χ1v) is 9.72. The normalized spacial score (nSPS) is 15.0. The van der Waals surface area contributed by atoms with Gasteiger partial charge in [0.1, 0.15) is 11.9 Å². The van der Waals surface area contributed by atoms with Crippen LogP contribution in [0.15, 0.2) is 41.2 Å². The largest absolute Gasteiger partial charge is 0.370 e. The van der Waals surface area contributed by atoms with Crippen molar-refractivity contribution in [3.63, 3.8) is 0 Å². The van der Waals surface area contributed by atoms with Crippen LogP contribution >= 0.6 is 0 Å². The van der Waals surface area contributed by atoms with Crippen molar-refractivity contribution in [1.82, 2.24) is 10.3 Å². The van der Waals surface area contributed by atoms with Crippen molar-refractivity contribution in [2.75, 3.05) is 24.5 Å². The molecule has 3 rings (SSSR count). The molecule has 152 valence electrons. The highest BCUT2D eigenvalue weighted by atomic mass is 19.1. The van der Waals surface area contributed by atoms with Crippen LogP contribution in [0.25, 0.3) is 0 Å². The molecule has 2 N–H and O–H groups in total. The van der Waals surface area contributed by atoms with E-state index in [0.717, 1.165) is 5.69 Å².